The van der Waals surface area contributed by atoms with Gasteiger partial charge in [0.1, 0.15) is 5.75 Å². The summed E-state index contributed by atoms with van der Waals surface area (Å²) in [7, 11) is 3.13. The molecule has 2 aromatic carbocycles. The third-order valence-electron chi connectivity index (χ3n) is 3.61. The third-order valence-corrected chi connectivity index (χ3v) is 3.61. The Kier molecular flexibility index (Phi) is 5.85. The van der Waals surface area contributed by atoms with Crippen molar-refractivity contribution in [3.05, 3.63) is 71.4 Å². The van der Waals surface area contributed by atoms with E-state index in [9.17, 15) is 18.0 Å². The first-order valence-corrected chi connectivity index (χ1v) is 7.56. The van der Waals surface area contributed by atoms with Crippen LogP contribution >= 0.6 is 0 Å². The molecule has 0 spiro atoms. The van der Waals surface area contributed by atoms with Crippen LogP contribution in [0.5, 0.6) is 5.75 Å². The molecule has 0 aliphatic rings. The van der Waals surface area contributed by atoms with Crippen LogP contribution in [-0.2, 0) is 17.4 Å². The number of methoxy groups -OCH3 is 1. The van der Waals surface area contributed by atoms with E-state index in [1.165, 1.54) is 18.3 Å². The molecule has 0 amide bonds. The fourth-order valence-corrected chi connectivity index (χ4v) is 2.36. The second-order valence-corrected chi connectivity index (χ2v) is 5.37. The van der Waals surface area contributed by atoms with Crippen LogP contribution in [-0.4, -0.2) is 19.9 Å². The summed E-state index contributed by atoms with van der Waals surface area (Å²) in [5.41, 5.74) is 0.385. The highest BCUT2D eigenvalue weighted by Crippen LogP contribution is 2.31. The Bertz CT molecular complexity index is 765. The Morgan fingerprint density at radius 1 is 1.16 bits per heavy atom. The first-order valence-electron chi connectivity index (χ1n) is 7.56. The second kappa shape index (κ2) is 7.88. The molecule has 132 valence electrons. The molecule has 0 aliphatic heterocycles. The topological polar surface area (TPSA) is 38.3 Å². The van der Waals surface area contributed by atoms with Gasteiger partial charge >= 0.3 is 6.18 Å². The van der Waals surface area contributed by atoms with Crippen molar-refractivity contribution in [3.8, 4) is 5.75 Å². The van der Waals surface area contributed by atoms with Crippen LogP contribution in [0.2, 0.25) is 0 Å². The maximum absolute atomic E-state index is 12.9. The van der Waals surface area contributed by atoms with Crippen molar-refractivity contribution >= 4 is 11.4 Å². The number of carbonyl (C=O) groups is 1. The number of carbonyl (C=O) groups excluding carboxylic acids is 1. The maximum Gasteiger partial charge on any atom is 0.416 e. The molecule has 0 fully saturated rings. The quantitative estimate of drug-likeness (QED) is 0.799. The van der Waals surface area contributed by atoms with Crippen LogP contribution in [0.15, 0.2) is 54.7 Å². The van der Waals surface area contributed by atoms with E-state index in [2.05, 4.69) is 5.32 Å². The van der Waals surface area contributed by atoms with Gasteiger partial charge in [0, 0.05) is 25.2 Å². The Labute approximate surface area is 144 Å². The normalized spacial score (nSPS) is 12.0. The molecular formula is C19H18F3NO2. The fourth-order valence-electron chi connectivity index (χ4n) is 2.36. The number of benzene rings is 2. The monoisotopic (exact) mass is 349 g/mol. The van der Waals surface area contributed by atoms with Crippen LogP contribution in [0.3, 0.4) is 0 Å². The molecule has 0 saturated heterocycles. The highest BCUT2D eigenvalue weighted by atomic mass is 19.4. The SMILES string of the molecule is CNC=C(C(=O)Cc1ccc(OC)cc1)c1cccc(C(F)(F)F)c1. The van der Waals surface area contributed by atoms with Gasteiger partial charge in [0.15, 0.2) is 5.78 Å². The molecule has 6 heteroatoms. The second-order valence-electron chi connectivity index (χ2n) is 5.37. The van der Waals surface area contributed by atoms with E-state index < -0.39 is 11.7 Å². The molecule has 0 unspecified atom stereocenters. The van der Waals surface area contributed by atoms with Gasteiger partial charge in [0.2, 0.25) is 0 Å². The Balaban J connectivity index is 2.28. The molecule has 0 heterocycles. The van der Waals surface area contributed by atoms with Crippen molar-refractivity contribution < 1.29 is 22.7 Å². The maximum atomic E-state index is 12.9. The molecular weight excluding hydrogens is 331 g/mol. The van der Waals surface area contributed by atoms with Gasteiger partial charge in [-0.3, -0.25) is 4.79 Å². The third kappa shape index (κ3) is 4.86. The average molecular weight is 349 g/mol. The summed E-state index contributed by atoms with van der Waals surface area (Å²) in [5.74, 6) is 0.388. The zero-order valence-electron chi connectivity index (χ0n) is 13.9. The predicted octanol–water partition coefficient (Wildman–Crippen LogP) is 4.09. The molecule has 2 rings (SSSR count). The largest absolute Gasteiger partial charge is 0.497 e. The molecule has 0 aliphatic carbocycles. The molecule has 0 atom stereocenters. The van der Waals surface area contributed by atoms with E-state index in [1.807, 2.05) is 0 Å². The molecule has 0 saturated carbocycles. The predicted molar refractivity (Wildman–Crippen MR) is 90.2 cm³/mol. The molecule has 3 nitrogen and oxygen atoms in total. The van der Waals surface area contributed by atoms with Crippen molar-refractivity contribution in [2.45, 2.75) is 12.6 Å². The van der Waals surface area contributed by atoms with Crippen LogP contribution in [0.4, 0.5) is 13.2 Å². The number of ether oxygens (including phenoxy) is 1. The summed E-state index contributed by atoms with van der Waals surface area (Å²) in [6.07, 6.45) is -2.96. The van der Waals surface area contributed by atoms with Gasteiger partial charge in [-0.1, -0.05) is 24.3 Å². The van der Waals surface area contributed by atoms with Crippen molar-refractivity contribution in [2.24, 2.45) is 0 Å². The van der Waals surface area contributed by atoms with Gasteiger partial charge in [-0.25, -0.2) is 0 Å². The van der Waals surface area contributed by atoms with Gasteiger partial charge < -0.3 is 10.1 Å². The zero-order chi connectivity index (χ0) is 18.4. The van der Waals surface area contributed by atoms with Crippen molar-refractivity contribution in [1.29, 1.82) is 0 Å². The van der Waals surface area contributed by atoms with Crippen molar-refractivity contribution in [2.75, 3.05) is 14.2 Å². The Hall–Kier alpha value is -2.76. The first-order chi connectivity index (χ1) is 11.8. The summed E-state index contributed by atoms with van der Waals surface area (Å²) in [5, 5.41) is 2.73. The van der Waals surface area contributed by atoms with E-state index in [-0.39, 0.29) is 23.3 Å². The number of hydrogen-bond donors (Lipinski definition) is 1. The number of allylic oxidation sites excluding steroid dienone is 1. The minimum atomic E-state index is -4.46. The van der Waals surface area contributed by atoms with Gasteiger partial charge in [0.25, 0.3) is 0 Å². The van der Waals surface area contributed by atoms with Gasteiger partial charge in [-0.15, -0.1) is 0 Å². The standard InChI is InChI=1S/C19H18F3NO2/c1-23-12-17(14-4-3-5-15(11-14)19(20,21)22)18(24)10-13-6-8-16(25-2)9-7-13/h3-9,11-12,23H,10H2,1-2H3. The molecule has 0 bridgehead atoms. The lowest BCUT2D eigenvalue weighted by Gasteiger charge is -2.11. The number of nitrogens with one attached hydrogen (secondary N) is 1. The van der Waals surface area contributed by atoms with E-state index in [0.29, 0.717) is 5.75 Å². The first kappa shape index (κ1) is 18.6. The number of alkyl halides is 3. The van der Waals surface area contributed by atoms with Crippen molar-refractivity contribution in [1.82, 2.24) is 5.32 Å². The molecule has 2 aromatic rings. The van der Waals surface area contributed by atoms with E-state index in [1.54, 1.807) is 38.4 Å². The number of halogens is 3. The minimum absolute atomic E-state index is 0.0771. The number of ketones is 1. The number of rotatable bonds is 6. The Morgan fingerprint density at radius 2 is 1.84 bits per heavy atom. The summed E-state index contributed by atoms with van der Waals surface area (Å²) in [6, 6.07) is 11.7. The van der Waals surface area contributed by atoms with Crippen LogP contribution in [0, 0.1) is 0 Å². The molecule has 0 aromatic heterocycles. The van der Waals surface area contributed by atoms with Crippen molar-refractivity contribution in [3.63, 3.8) is 0 Å². The van der Waals surface area contributed by atoms with Gasteiger partial charge in [-0.05, 0) is 35.4 Å². The van der Waals surface area contributed by atoms with Gasteiger partial charge in [0.05, 0.1) is 12.7 Å². The average Bonchev–Trinajstić information content (AvgIpc) is 2.59. The van der Waals surface area contributed by atoms with E-state index in [4.69, 9.17) is 4.74 Å². The summed E-state index contributed by atoms with van der Waals surface area (Å²) >= 11 is 0. The number of Topliss-reactive ketones (excluding diaryl/α,β-unsaturated/α-hetero) is 1. The van der Waals surface area contributed by atoms with E-state index >= 15 is 0 Å². The fraction of sp³-hybridized carbons (Fsp3) is 0.211. The Morgan fingerprint density at radius 3 is 2.40 bits per heavy atom. The van der Waals surface area contributed by atoms with Gasteiger partial charge in [-0.2, -0.15) is 13.2 Å². The zero-order valence-corrected chi connectivity index (χ0v) is 13.9. The summed E-state index contributed by atoms with van der Waals surface area (Å²) in [6.45, 7) is 0. The number of hydrogen-bond acceptors (Lipinski definition) is 3. The highest BCUT2D eigenvalue weighted by Gasteiger charge is 2.30. The smallest absolute Gasteiger partial charge is 0.416 e. The van der Waals surface area contributed by atoms with E-state index in [0.717, 1.165) is 17.7 Å². The minimum Gasteiger partial charge on any atom is -0.497 e. The summed E-state index contributed by atoms with van der Waals surface area (Å²) < 4.78 is 43.8. The lowest BCUT2D eigenvalue weighted by atomic mass is 9.96. The van der Waals surface area contributed by atoms with Crippen LogP contribution < -0.4 is 10.1 Å². The molecule has 1 N–H and O–H groups in total. The summed E-state index contributed by atoms with van der Waals surface area (Å²) in [4.78, 5) is 12.6. The van der Waals surface area contributed by atoms with Crippen LogP contribution in [0.25, 0.3) is 5.57 Å². The lowest BCUT2D eigenvalue weighted by Crippen LogP contribution is -2.11. The molecule has 0 radical (unpaired) electrons. The lowest BCUT2D eigenvalue weighted by molar-refractivity contribution is -0.137. The highest BCUT2D eigenvalue weighted by molar-refractivity contribution is 6.21. The molecule has 25 heavy (non-hydrogen) atoms. The van der Waals surface area contributed by atoms with Crippen LogP contribution in [0.1, 0.15) is 16.7 Å².